The van der Waals surface area contributed by atoms with Crippen molar-refractivity contribution in [2.45, 2.75) is 59.3 Å². The smallest absolute Gasteiger partial charge is 0.226 e. The highest BCUT2D eigenvalue weighted by atomic mass is 16.2. The summed E-state index contributed by atoms with van der Waals surface area (Å²) in [6.07, 6.45) is 7.58. The number of likely N-dealkylation sites (N-methyl/N-ethyl adjacent to an activating group) is 1. The Bertz CT molecular complexity index is 334. The number of piperazine rings is 1. The molecule has 0 N–H and O–H groups in total. The van der Waals surface area contributed by atoms with Crippen LogP contribution in [0.4, 0.5) is 0 Å². The van der Waals surface area contributed by atoms with E-state index in [4.69, 9.17) is 0 Å². The highest BCUT2D eigenvalue weighted by Gasteiger charge is 2.35. The van der Waals surface area contributed by atoms with Gasteiger partial charge in [-0.05, 0) is 37.6 Å². The van der Waals surface area contributed by atoms with Crippen molar-refractivity contribution in [1.29, 1.82) is 0 Å². The van der Waals surface area contributed by atoms with Gasteiger partial charge in [0, 0.05) is 32.1 Å². The summed E-state index contributed by atoms with van der Waals surface area (Å²) in [5.74, 6) is 1.34. The molecule has 2 aliphatic rings. The quantitative estimate of drug-likeness (QED) is 0.796. The molecule has 1 amide bonds. The Labute approximate surface area is 131 Å². The topological polar surface area (TPSA) is 23.6 Å². The Morgan fingerprint density at radius 3 is 2.14 bits per heavy atom. The molecule has 0 spiro atoms. The fourth-order valence-electron chi connectivity index (χ4n) is 3.91. The van der Waals surface area contributed by atoms with Gasteiger partial charge in [0.1, 0.15) is 0 Å². The first kappa shape index (κ1) is 16.8. The fraction of sp³-hybridized carbons (Fsp3) is 0.944. The van der Waals surface area contributed by atoms with Gasteiger partial charge >= 0.3 is 0 Å². The summed E-state index contributed by atoms with van der Waals surface area (Å²) in [5, 5.41) is 0. The molecule has 0 aromatic rings. The van der Waals surface area contributed by atoms with Crippen molar-refractivity contribution in [3.05, 3.63) is 0 Å². The standard InChI is InChI=1S/C18H34N2O/c1-18(2,3)14-16(15-8-6-5-7-9-15)17(21)20-12-10-19(4)11-13-20/h15-16H,5-14H2,1-4H3/t16-/m0/s1. The molecule has 1 saturated carbocycles. The molecule has 2 rings (SSSR count). The van der Waals surface area contributed by atoms with Gasteiger partial charge in [0.2, 0.25) is 5.91 Å². The van der Waals surface area contributed by atoms with Crippen molar-refractivity contribution in [1.82, 2.24) is 9.80 Å². The van der Waals surface area contributed by atoms with Crippen molar-refractivity contribution in [3.8, 4) is 0 Å². The molecule has 1 aliphatic carbocycles. The van der Waals surface area contributed by atoms with E-state index in [2.05, 4.69) is 37.6 Å². The number of hydrogen-bond acceptors (Lipinski definition) is 2. The van der Waals surface area contributed by atoms with E-state index in [0.29, 0.717) is 11.8 Å². The molecule has 1 saturated heterocycles. The lowest BCUT2D eigenvalue weighted by Crippen LogP contribution is -2.50. The van der Waals surface area contributed by atoms with Gasteiger partial charge in [0.25, 0.3) is 0 Å². The number of carbonyl (C=O) groups is 1. The van der Waals surface area contributed by atoms with E-state index in [1.165, 1.54) is 32.1 Å². The molecule has 1 atom stereocenters. The summed E-state index contributed by atoms with van der Waals surface area (Å²) < 4.78 is 0. The van der Waals surface area contributed by atoms with Gasteiger partial charge in [-0.25, -0.2) is 0 Å². The number of hydrogen-bond donors (Lipinski definition) is 0. The molecule has 1 heterocycles. The van der Waals surface area contributed by atoms with Crippen molar-refractivity contribution in [3.63, 3.8) is 0 Å². The van der Waals surface area contributed by atoms with Gasteiger partial charge in [0.05, 0.1) is 0 Å². The van der Waals surface area contributed by atoms with Gasteiger partial charge < -0.3 is 9.80 Å². The lowest BCUT2D eigenvalue weighted by molar-refractivity contribution is -0.140. The molecular weight excluding hydrogens is 260 g/mol. The summed E-state index contributed by atoms with van der Waals surface area (Å²) in [6.45, 7) is 10.7. The van der Waals surface area contributed by atoms with E-state index in [0.717, 1.165) is 32.6 Å². The van der Waals surface area contributed by atoms with Crippen LogP contribution < -0.4 is 0 Å². The van der Waals surface area contributed by atoms with Crippen molar-refractivity contribution in [2.75, 3.05) is 33.2 Å². The Balaban J connectivity index is 2.04. The Morgan fingerprint density at radius 1 is 1.05 bits per heavy atom. The number of rotatable bonds is 3. The summed E-state index contributed by atoms with van der Waals surface area (Å²) in [5.41, 5.74) is 0.240. The maximum atomic E-state index is 13.1. The minimum atomic E-state index is 0.240. The monoisotopic (exact) mass is 294 g/mol. The van der Waals surface area contributed by atoms with Gasteiger partial charge in [-0.3, -0.25) is 4.79 Å². The van der Waals surface area contributed by atoms with E-state index in [1.807, 2.05) is 0 Å². The first-order chi connectivity index (χ1) is 9.87. The Kier molecular flexibility index (Phi) is 5.70. The van der Waals surface area contributed by atoms with Crippen LogP contribution in [0.5, 0.6) is 0 Å². The van der Waals surface area contributed by atoms with Crippen LogP contribution in [0.1, 0.15) is 59.3 Å². The van der Waals surface area contributed by atoms with Crippen molar-refractivity contribution >= 4 is 5.91 Å². The Morgan fingerprint density at radius 2 is 1.62 bits per heavy atom. The Hall–Kier alpha value is -0.570. The summed E-state index contributed by atoms with van der Waals surface area (Å²) >= 11 is 0. The van der Waals surface area contributed by atoms with Gasteiger partial charge in [-0.15, -0.1) is 0 Å². The highest BCUT2D eigenvalue weighted by Crippen LogP contribution is 2.37. The van der Waals surface area contributed by atoms with E-state index < -0.39 is 0 Å². The lowest BCUT2D eigenvalue weighted by Gasteiger charge is -2.39. The van der Waals surface area contributed by atoms with Crippen molar-refractivity contribution < 1.29 is 4.79 Å². The second-order valence-electron chi connectivity index (χ2n) is 8.40. The zero-order valence-electron chi connectivity index (χ0n) is 14.5. The fourth-order valence-corrected chi connectivity index (χ4v) is 3.91. The zero-order valence-corrected chi connectivity index (χ0v) is 14.5. The van der Waals surface area contributed by atoms with Crippen LogP contribution in [0, 0.1) is 17.3 Å². The minimum Gasteiger partial charge on any atom is -0.340 e. The number of carbonyl (C=O) groups excluding carboxylic acids is 1. The molecule has 3 heteroatoms. The van der Waals surface area contributed by atoms with E-state index in [1.54, 1.807) is 0 Å². The van der Waals surface area contributed by atoms with Gasteiger partial charge in [-0.2, -0.15) is 0 Å². The molecule has 0 aromatic carbocycles. The third kappa shape index (κ3) is 4.98. The largest absolute Gasteiger partial charge is 0.340 e. The molecule has 0 unspecified atom stereocenters. The van der Waals surface area contributed by atoms with Crippen molar-refractivity contribution in [2.24, 2.45) is 17.3 Å². The average molecular weight is 294 g/mol. The predicted molar refractivity (Wildman–Crippen MR) is 88.2 cm³/mol. The second-order valence-corrected chi connectivity index (χ2v) is 8.40. The van der Waals surface area contributed by atoms with E-state index in [9.17, 15) is 4.79 Å². The van der Waals surface area contributed by atoms with Crippen LogP contribution in [-0.4, -0.2) is 48.9 Å². The minimum absolute atomic E-state index is 0.240. The lowest BCUT2D eigenvalue weighted by atomic mass is 9.72. The molecule has 3 nitrogen and oxygen atoms in total. The van der Waals surface area contributed by atoms with Crippen LogP contribution >= 0.6 is 0 Å². The van der Waals surface area contributed by atoms with Crippen LogP contribution in [0.25, 0.3) is 0 Å². The van der Waals surface area contributed by atoms with Crippen LogP contribution in [0.15, 0.2) is 0 Å². The van der Waals surface area contributed by atoms with Gasteiger partial charge in [-0.1, -0.05) is 40.0 Å². The zero-order chi connectivity index (χ0) is 15.5. The van der Waals surface area contributed by atoms with Crippen LogP contribution in [0.2, 0.25) is 0 Å². The molecule has 2 fully saturated rings. The summed E-state index contributed by atoms with van der Waals surface area (Å²) in [6, 6.07) is 0. The third-order valence-electron chi connectivity index (χ3n) is 5.18. The molecular formula is C18H34N2O. The van der Waals surface area contributed by atoms with Gasteiger partial charge in [0.15, 0.2) is 0 Å². The normalized spacial score (nSPS) is 24.1. The summed E-state index contributed by atoms with van der Waals surface area (Å²) in [7, 11) is 2.15. The molecule has 122 valence electrons. The maximum Gasteiger partial charge on any atom is 0.226 e. The SMILES string of the molecule is CN1CCN(C(=O)[C@@H](CC(C)(C)C)C2CCCCC2)CC1. The highest BCUT2D eigenvalue weighted by molar-refractivity contribution is 5.79. The first-order valence-corrected chi connectivity index (χ1v) is 8.84. The molecule has 0 aromatic heterocycles. The van der Waals surface area contributed by atoms with Crippen LogP contribution in [0.3, 0.4) is 0 Å². The first-order valence-electron chi connectivity index (χ1n) is 8.84. The maximum absolute atomic E-state index is 13.1. The average Bonchev–Trinajstić information content (AvgIpc) is 2.45. The molecule has 21 heavy (non-hydrogen) atoms. The predicted octanol–water partition coefficient (Wildman–Crippen LogP) is 3.39. The van der Waals surface area contributed by atoms with E-state index in [-0.39, 0.29) is 11.3 Å². The molecule has 0 bridgehead atoms. The third-order valence-corrected chi connectivity index (χ3v) is 5.18. The molecule has 1 aliphatic heterocycles. The molecule has 0 radical (unpaired) electrons. The number of nitrogens with zero attached hydrogens (tertiary/aromatic N) is 2. The van der Waals surface area contributed by atoms with Crippen LogP contribution in [-0.2, 0) is 4.79 Å². The van der Waals surface area contributed by atoms with E-state index >= 15 is 0 Å². The second kappa shape index (κ2) is 7.13. The number of amides is 1. The summed E-state index contributed by atoms with van der Waals surface area (Å²) in [4.78, 5) is 17.6.